The van der Waals surface area contributed by atoms with E-state index in [1.807, 2.05) is 18.2 Å². The topological polar surface area (TPSA) is 33.7 Å². The van der Waals surface area contributed by atoms with Crippen molar-refractivity contribution >= 4 is 77.0 Å². The second-order valence-electron chi connectivity index (χ2n) is 15.2. The van der Waals surface area contributed by atoms with Crippen molar-refractivity contribution < 1.29 is 4.42 Å². The Kier molecular flexibility index (Phi) is 5.81. The van der Waals surface area contributed by atoms with Crippen LogP contribution >= 0.6 is 0 Å². The van der Waals surface area contributed by atoms with E-state index in [2.05, 4.69) is 169 Å². The lowest BCUT2D eigenvalue weighted by molar-refractivity contribution is 0.623. The van der Waals surface area contributed by atoms with Gasteiger partial charge in [0.05, 0.1) is 21.9 Å². The van der Waals surface area contributed by atoms with E-state index < -0.39 is 0 Å². The van der Waals surface area contributed by atoms with Crippen molar-refractivity contribution in [3.8, 4) is 22.6 Å². The minimum Gasteiger partial charge on any atom is -0.435 e. The Morgan fingerprint density at radius 2 is 1.22 bits per heavy atom. The molecule has 0 bridgehead atoms. The van der Waals surface area contributed by atoms with Crippen LogP contribution < -0.4 is 4.90 Å². The Balaban J connectivity index is 1.13. The molecule has 0 saturated carbocycles. The SMILES string of the molecule is CC1(C)c2ccccc2-c2ccc(N(c3ccc4ccccc4c3)c3ccc4c(c3)c3cc5nc(-c6ccccc6)oc5c5c6ccccc6n4c35)cc21. The normalized spacial score (nSPS) is 13.5. The summed E-state index contributed by atoms with van der Waals surface area (Å²) in [6, 6.07) is 59.3. The molecule has 254 valence electrons. The van der Waals surface area contributed by atoms with Gasteiger partial charge >= 0.3 is 0 Å². The third-order valence-electron chi connectivity index (χ3n) is 11.9. The molecule has 0 radical (unpaired) electrons. The summed E-state index contributed by atoms with van der Waals surface area (Å²) < 4.78 is 9.04. The van der Waals surface area contributed by atoms with Gasteiger partial charge in [-0.3, -0.25) is 0 Å². The summed E-state index contributed by atoms with van der Waals surface area (Å²) in [6.45, 7) is 4.70. The number of nitrogens with zero attached hydrogens (tertiary/aromatic N) is 3. The van der Waals surface area contributed by atoms with Crippen molar-refractivity contribution in [2.45, 2.75) is 19.3 Å². The molecule has 0 amide bonds. The number of rotatable bonds is 4. The second kappa shape index (κ2) is 10.6. The molecule has 4 nitrogen and oxygen atoms in total. The molecule has 3 aromatic heterocycles. The van der Waals surface area contributed by atoms with Crippen LogP contribution in [-0.4, -0.2) is 9.38 Å². The van der Waals surface area contributed by atoms with Gasteiger partial charge in [0.2, 0.25) is 5.89 Å². The van der Waals surface area contributed by atoms with Crippen molar-refractivity contribution in [1.82, 2.24) is 9.38 Å². The highest BCUT2D eigenvalue weighted by molar-refractivity contribution is 6.30. The van der Waals surface area contributed by atoms with Gasteiger partial charge < -0.3 is 13.7 Å². The molecule has 0 N–H and O–H groups in total. The van der Waals surface area contributed by atoms with E-state index >= 15 is 0 Å². The summed E-state index contributed by atoms with van der Waals surface area (Å²) in [6.07, 6.45) is 0. The van der Waals surface area contributed by atoms with E-state index in [0.29, 0.717) is 5.89 Å². The smallest absolute Gasteiger partial charge is 0.227 e. The summed E-state index contributed by atoms with van der Waals surface area (Å²) >= 11 is 0. The van der Waals surface area contributed by atoms with E-state index in [-0.39, 0.29) is 5.41 Å². The van der Waals surface area contributed by atoms with E-state index in [1.54, 1.807) is 0 Å². The maximum Gasteiger partial charge on any atom is 0.227 e. The zero-order valence-corrected chi connectivity index (χ0v) is 29.8. The summed E-state index contributed by atoms with van der Waals surface area (Å²) in [5.74, 6) is 0.639. The lowest BCUT2D eigenvalue weighted by Crippen LogP contribution is -2.16. The molecule has 0 spiro atoms. The highest BCUT2D eigenvalue weighted by Gasteiger charge is 2.36. The number of anilines is 3. The predicted molar refractivity (Wildman–Crippen MR) is 224 cm³/mol. The third-order valence-corrected chi connectivity index (χ3v) is 11.9. The molecule has 0 unspecified atom stereocenters. The minimum atomic E-state index is -0.114. The van der Waals surface area contributed by atoms with Gasteiger partial charge in [-0.25, -0.2) is 4.98 Å². The van der Waals surface area contributed by atoms with Gasteiger partial charge in [0.1, 0.15) is 5.52 Å². The van der Waals surface area contributed by atoms with E-state index in [0.717, 1.165) is 44.6 Å². The van der Waals surface area contributed by atoms with E-state index in [9.17, 15) is 0 Å². The van der Waals surface area contributed by atoms with Gasteiger partial charge in [-0.1, -0.05) is 111 Å². The molecule has 0 saturated heterocycles. The van der Waals surface area contributed by atoms with Gasteiger partial charge in [0, 0.05) is 44.2 Å². The molecule has 0 aliphatic heterocycles. The number of para-hydroxylation sites is 1. The molecule has 11 aromatic rings. The summed E-state index contributed by atoms with van der Waals surface area (Å²) in [5.41, 5.74) is 14.8. The van der Waals surface area contributed by atoms with Gasteiger partial charge in [-0.15, -0.1) is 0 Å². The molecule has 1 aliphatic carbocycles. The van der Waals surface area contributed by atoms with Crippen LogP contribution in [0, 0.1) is 0 Å². The van der Waals surface area contributed by atoms with Gasteiger partial charge in [0.15, 0.2) is 5.58 Å². The summed E-state index contributed by atoms with van der Waals surface area (Å²) in [4.78, 5) is 7.51. The van der Waals surface area contributed by atoms with Crippen LogP contribution in [0.4, 0.5) is 17.1 Å². The lowest BCUT2D eigenvalue weighted by Gasteiger charge is -2.28. The predicted octanol–water partition coefficient (Wildman–Crippen LogP) is 13.6. The number of aromatic nitrogens is 2. The molecule has 12 rings (SSSR count). The number of oxazole rings is 1. The highest BCUT2D eigenvalue weighted by Crippen LogP contribution is 2.51. The average molecular weight is 692 g/mol. The monoisotopic (exact) mass is 691 g/mol. The first-order valence-electron chi connectivity index (χ1n) is 18.6. The van der Waals surface area contributed by atoms with Crippen molar-refractivity contribution in [1.29, 1.82) is 0 Å². The maximum atomic E-state index is 6.63. The molecule has 0 fully saturated rings. The molecule has 54 heavy (non-hydrogen) atoms. The number of hydrogen-bond donors (Lipinski definition) is 0. The fourth-order valence-electron chi connectivity index (χ4n) is 9.37. The first-order valence-corrected chi connectivity index (χ1v) is 18.6. The molecule has 1 aliphatic rings. The van der Waals surface area contributed by atoms with E-state index in [4.69, 9.17) is 9.40 Å². The second-order valence-corrected chi connectivity index (χ2v) is 15.2. The Bertz CT molecular complexity index is 3310. The Morgan fingerprint density at radius 3 is 2.13 bits per heavy atom. The van der Waals surface area contributed by atoms with Crippen molar-refractivity contribution in [2.75, 3.05) is 4.90 Å². The van der Waals surface area contributed by atoms with Crippen LogP contribution in [-0.2, 0) is 5.41 Å². The molecular formula is C50H33N3O. The largest absolute Gasteiger partial charge is 0.435 e. The van der Waals surface area contributed by atoms with Gasteiger partial charge in [-0.2, -0.15) is 0 Å². The standard InChI is InChI=1S/C50H33N3O/c1-50(2)41-18-10-8-16-36(41)37-24-22-35(28-42(37)50)52(33-21-20-30-12-6-7-15-32(30)26-33)34-23-25-45-39(27-34)40-29-43-48(54-49(51-43)31-13-4-3-5-14-31)46-38-17-9-11-19-44(38)53(45)47(40)46/h3-29H,1-2H3. The highest BCUT2D eigenvalue weighted by atomic mass is 16.3. The van der Waals surface area contributed by atoms with Crippen molar-refractivity contribution in [3.63, 3.8) is 0 Å². The zero-order valence-electron chi connectivity index (χ0n) is 29.8. The fourth-order valence-corrected chi connectivity index (χ4v) is 9.37. The fraction of sp³-hybridized carbons (Fsp3) is 0.0600. The first kappa shape index (κ1) is 29.6. The lowest BCUT2D eigenvalue weighted by atomic mass is 9.82. The van der Waals surface area contributed by atoms with E-state index in [1.165, 1.54) is 60.2 Å². The van der Waals surface area contributed by atoms with Crippen LogP contribution in [0.1, 0.15) is 25.0 Å². The van der Waals surface area contributed by atoms with Crippen LogP contribution in [0.2, 0.25) is 0 Å². The molecule has 8 aromatic carbocycles. The quantitative estimate of drug-likeness (QED) is 0.184. The summed E-state index contributed by atoms with van der Waals surface area (Å²) in [5, 5.41) is 7.07. The Labute approximate surface area is 311 Å². The van der Waals surface area contributed by atoms with Crippen molar-refractivity contribution in [3.05, 3.63) is 175 Å². The number of hydrogen-bond acceptors (Lipinski definition) is 3. The maximum absolute atomic E-state index is 6.63. The van der Waals surface area contributed by atoms with Gasteiger partial charge in [-0.05, 0) is 99.8 Å². The first-order chi connectivity index (χ1) is 26.5. The molecular weight excluding hydrogens is 659 g/mol. The average Bonchev–Trinajstić information content (AvgIpc) is 3.94. The van der Waals surface area contributed by atoms with Crippen LogP contribution in [0.25, 0.3) is 82.5 Å². The summed E-state index contributed by atoms with van der Waals surface area (Å²) in [7, 11) is 0. The third kappa shape index (κ3) is 3.94. The zero-order chi connectivity index (χ0) is 35.7. The number of fused-ring (bicyclic) bond motifs is 12. The minimum absolute atomic E-state index is 0.114. The van der Waals surface area contributed by atoms with Crippen LogP contribution in [0.3, 0.4) is 0 Å². The Hall–Kier alpha value is -6.91. The molecule has 0 atom stereocenters. The number of benzene rings is 8. The van der Waals surface area contributed by atoms with Crippen molar-refractivity contribution in [2.24, 2.45) is 0 Å². The van der Waals surface area contributed by atoms with Crippen LogP contribution in [0.15, 0.2) is 168 Å². The Morgan fingerprint density at radius 1 is 0.537 bits per heavy atom. The van der Waals surface area contributed by atoms with Crippen LogP contribution in [0.5, 0.6) is 0 Å². The van der Waals surface area contributed by atoms with Gasteiger partial charge in [0.25, 0.3) is 0 Å². The molecule has 4 heteroatoms. The molecule has 3 heterocycles.